The molecule has 2 aromatic carbocycles. The van der Waals surface area contributed by atoms with Crippen LogP contribution in [0.15, 0.2) is 47.4 Å². The number of fused-ring (bicyclic) bond motifs is 3. The van der Waals surface area contributed by atoms with E-state index in [0.717, 1.165) is 12.1 Å². The maximum Gasteiger partial charge on any atom is 0.417 e. The van der Waals surface area contributed by atoms with Crippen molar-refractivity contribution in [2.24, 2.45) is 0 Å². The van der Waals surface area contributed by atoms with Gasteiger partial charge in [-0.25, -0.2) is 8.42 Å². The van der Waals surface area contributed by atoms with Crippen molar-refractivity contribution in [3.05, 3.63) is 48.0 Å². The molecule has 3 nitrogen and oxygen atoms in total. The van der Waals surface area contributed by atoms with Gasteiger partial charge in [0.1, 0.15) is 0 Å². The number of nitrogens with one attached hydrogen (secondary N) is 1. The number of hydrogen-bond acceptors (Lipinski definition) is 2. The molecule has 2 aromatic rings. The topological polar surface area (TPSA) is 46.2 Å². The number of sulfonamides is 1. The van der Waals surface area contributed by atoms with Crippen LogP contribution in [0.5, 0.6) is 0 Å². The van der Waals surface area contributed by atoms with Crippen LogP contribution in [-0.2, 0) is 16.2 Å². The van der Waals surface area contributed by atoms with Crippen LogP contribution in [0.2, 0.25) is 0 Å². The summed E-state index contributed by atoms with van der Waals surface area (Å²) in [5, 5.41) is 0. The Morgan fingerprint density at radius 2 is 1.65 bits per heavy atom. The van der Waals surface area contributed by atoms with E-state index in [4.69, 9.17) is 0 Å². The SMILES string of the molecule is O=S1(=O)Nc2ccccc2-c2c(C(F)(F)F)cccc21. The molecule has 0 radical (unpaired) electrons. The van der Waals surface area contributed by atoms with Crippen molar-refractivity contribution in [1.29, 1.82) is 0 Å². The maximum absolute atomic E-state index is 13.1. The van der Waals surface area contributed by atoms with Crippen LogP contribution in [0.1, 0.15) is 5.56 Å². The van der Waals surface area contributed by atoms with E-state index in [1.807, 2.05) is 0 Å². The van der Waals surface area contributed by atoms with E-state index in [2.05, 4.69) is 4.72 Å². The zero-order chi connectivity index (χ0) is 14.5. The van der Waals surface area contributed by atoms with Gasteiger partial charge in [-0.05, 0) is 18.2 Å². The Bertz CT molecular complexity index is 798. The summed E-state index contributed by atoms with van der Waals surface area (Å²) in [4.78, 5) is -0.356. The largest absolute Gasteiger partial charge is 0.417 e. The van der Waals surface area contributed by atoms with Gasteiger partial charge in [0.2, 0.25) is 0 Å². The molecule has 0 aromatic heterocycles. The fourth-order valence-electron chi connectivity index (χ4n) is 2.26. The molecule has 0 bridgehead atoms. The summed E-state index contributed by atoms with van der Waals surface area (Å²) in [6.45, 7) is 0. The quantitative estimate of drug-likeness (QED) is 0.809. The first-order valence-electron chi connectivity index (χ1n) is 5.63. The molecule has 0 spiro atoms. The van der Waals surface area contributed by atoms with E-state index in [1.54, 1.807) is 12.1 Å². The molecule has 3 rings (SSSR count). The van der Waals surface area contributed by atoms with E-state index in [-0.39, 0.29) is 21.7 Å². The molecule has 1 N–H and O–H groups in total. The highest BCUT2D eigenvalue weighted by Gasteiger charge is 2.39. The first kappa shape index (κ1) is 13.0. The molecule has 0 aliphatic carbocycles. The third kappa shape index (κ3) is 1.85. The average molecular weight is 299 g/mol. The highest BCUT2D eigenvalue weighted by Crippen LogP contribution is 2.45. The highest BCUT2D eigenvalue weighted by molar-refractivity contribution is 7.93. The minimum Gasteiger partial charge on any atom is -0.279 e. The van der Waals surface area contributed by atoms with Gasteiger partial charge in [-0.15, -0.1) is 0 Å². The third-order valence-corrected chi connectivity index (χ3v) is 4.47. The molecule has 20 heavy (non-hydrogen) atoms. The first-order valence-corrected chi connectivity index (χ1v) is 7.11. The van der Waals surface area contributed by atoms with E-state index in [0.29, 0.717) is 0 Å². The lowest BCUT2D eigenvalue weighted by Crippen LogP contribution is -2.21. The van der Waals surface area contributed by atoms with Crippen molar-refractivity contribution in [2.45, 2.75) is 11.1 Å². The summed E-state index contributed by atoms with van der Waals surface area (Å²) in [5.74, 6) is 0. The van der Waals surface area contributed by atoms with Gasteiger partial charge in [0.15, 0.2) is 0 Å². The van der Waals surface area contributed by atoms with Crippen molar-refractivity contribution in [3.8, 4) is 11.1 Å². The number of anilines is 1. The lowest BCUT2D eigenvalue weighted by atomic mass is 9.97. The molecule has 0 saturated heterocycles. The summed E-state index contributed by atoms with van der Waals surface area (Å²) in [6, 6.07) is 9.17. The van der Waals surface area contributed by atoms with Crippen LogP contribution in [0.25, 0.3) is 11.1 Å². The third-order valence-electron chi connectivity index (χ3n) is 3.06. The molecule has 1 aliphatic heterocycles. The second kappa shape index (κ2) is 3.99. The Balaban J connectivity index is 2.46. The van der Waals surface area contributed by atoms with Crippen molar-refractivity contribution >= 4 is 15.7 Å². The van der Waals surface area contributed by atoms with Crippen LogP contribution < -0.4 is 4.72 Å². The van der Waals surface area contributed by atoms with E-state index in [9.17, 15) is 21.6 Å². The van der Waals surface area contributed by atoms with E-state index >= 15 is 0 Å². The Morgan fingerprint density at radius 3 is 2.35 bits per heavy atom. The number of hydrogen-bond donors (Lipinski definition) is 1. The smallest absolute Gasteiger partial charge is 0.279 e. The number of halogens is 3. The Kier molecular flexibility index (Phi) is 2.59. The molecule has 1 aliphatic rings. The standard InChI is InChI=1S/C13H8F3NO2S/c14-13(15,16)9-5-3-7-11-12(9)8-4-1-2-6-10(8)17-20(11,18)19/h1-7,17H. The minimum absolute atomic E-state index is 0.150. The summed E-state index contributed by atoms with van der Waals surface area (Å²) in [5.41, 5.74) is -0.871. The van der Waals surface area contributed by atoms with Crippen molar-refractivity contribution < 1.29 is 21.6 Å². The fourth-order valence-corrected chi connectivity index (χ4v) is 3.58. The average Bonchev–Trinajstić information content (AvgIpc) is 2.36. The van der Waals surface area contributed by atoms with Gasteiger partial charge in [0.25, 0.3) is 10.0 Å². The van der Waals surface area contributed by atoms with Crippen molar-refractivity contribution in [1.82, 2.24) is 0 Å². The summed E-state index contributed by atoms with van der Waals surface area (Å²) in [7, 11) is -3.99. The first-order chi connectivity index (χ1) is 9.31. The zero-order valence-electron chi connectivity index (χ0n) is 9.90. The number of para-hydroxylation sites is 1. The molecule has 1 heterocycles. The number of benzene rings is 2. The minimum atomic E-state index is -4.62. The van der Waals surface area contributed by atoms with Gasteiger partial charge in [-0.1, -0.05) is 24.3 Å². The lowest BCUT2D eigenvalue weighted by molar-refractivity contribution is -0.137. The fraction of sp³-hybridized carbons (Fsp3) is 0.0769. The molecular formula is C13H8F3NO2S. The molecule has 0 amide bonds. The molecule has 0 saturated carbocycles. The lowest BCUT2D eigenvalue weighted by Gasteiger charge is -2.24. The van der Waals surface area contributed by atoms with E-state index < -0.39 is 21.8 Å². The predicted octanol–water partition coefficient (Wildman–Crippen LogP) is 3.49. The Labute approximate surface area is 113 Å². The number of alkyl halides is 3. The molecule has 0 atom stereocenters. The maximum atomic E-state index is 13.1. The van der Waals surface area contributed by atoms with Gasteiger partial charge in [0.05, 0.1) is 16.1 Å². The molecule has 104 valence electrons. The van der Waals surface area contributed by atoms with Crippen LogP contribution in [0, 0.1) is 0 Å². The number of rotatable bonds is 0. The normalized spacial score (nSPS) is 15.9. The highest BCUT2D eigenvalue weighted by atomic mass is 32.2. The zero-order valence-corrected chi connectivity index (χ0v) is 10.7. The van der Waals surface area contributed by atoms with Gasteiger partial charge in [0, 0.05) is 11.1 Å². The van der Waals surface area contributed by atoms with Gasteiger partial charge in [-0.3, -0.25) is 4.72 Å². The second-order valence-electron chi connectivity index (χ2n) is 4.33. The Morgan fingerprint density at radius 1 is 0.950 bits per heavy atom. The summed E-state index contributed by atoms with van der Waals surface area (Å²) >= 11 is 0. The van der Waals surface area contributed by atoms with E-state index in [1.165, 1.54) is 18.2 Å². The van der Waals surface area contributed by atoms with Crippen LogP contribution in [0.4, 0.5) is 18.9 Å². The van der Waals surface area contributed by atoms with Crippen LogP contribution >= 0.6 is 0 Å². The van der Waals surface area contributed by atoms with Gasteiger partial charge >= 0.3 is 6.18 Å². The van der Waals surface area contributed by atoms with Crippen LogP contribution in [0.3, 0.4) is 0 Å². The molecule has 7 heteroatoms. The molecular weight excluding hydrogens is 291 g/mol. The second-order valence-corrected chi connectivity index (χ2v) is 5.98. The predicted molar refractivity (Wildman–Crippen MR) is 67.7 cm³/mol. The van der Waals surface area contributed by atoms with Crippen molar-refractivity contribution in [2.75, 3.05) is 4.72 Å². The summed E-state index contributed by atoms with van der Waals surface area (Å²) in [6.07, 6.45) is -4.62. The van der Waals surface area contributed by atoms with Gasteiger partial charge in [-0.2, -0.15) is 13.2 Å². The summed E-state index contributed by atoms with van der Waals surface area (Å²) < 4.78 is 65.7. The molecule has 0 unspecified atom stereocenters. The van der Waals surface area contributed by atoms with Crippen molar-refractivity contribution in [3.63, 3.8) is 0 Å². The van der Waals surface area contributed by atoms with Crippen LogP contribution in [-0.4, -0.2) is 8.42 Å². The Hall–Kier alpha value is -2.02. The van der Waals surface area contributed by atoms with Gasteiger partial charge < -0.3 is 0 Å². The molecule has 0 fully saturated rings. The monoisotopic (exact) mass is 299 g/mol.